The molecule has 0 bridgehead atoms. The zero-order valence-corrected chi connectivity index (χ0v) is 18.3. The van der Waals surface area contributed by atoms with Gasteiger partial charge in [-0.25, -0.2) is 17.6 Å². The van der Waals surface area contributed by atoms with Gasteiger partial charge in [-0.15, -0.1) is 0 Å². The van der Waals surface area contributed by atoms with Gasteiger partial charge in [0.1, 0.15) is 5.82 Å². The Bertz CT molecular complexity index is 934. The van der Waals surface area contributed by atoms with Gasteiger partial charge >= 0.3 is 6.03 Å². The van der Waals surface area contributed by atoms with Crippen LogP contribution in [-0.4, -0.2) is 70.1 Å². The van der Waals surface area contributed by atoms with Crippen molar-refractivity contribution in [3.8, 4) is 0 Å². The van der Waals surface area contributed by atoms with Crippen LogP contribution < -0.4 is 5.32 Å². The summed E-state index contributed by atoms with van der Waals surface area (Å²) >= 11 is 0. The summed E-state index contributed by atoms with van der Waals surface area (Å²) in [6.07, 6.45) is 0. The lowest BCUT2D eigenvalue weighted by molar-refractivity contribution is -0.0258. The molecule has 0 aliphatic heterocycles. The molecule has 0 fully saturated rings. The number of hydrogen-bond donors (Lipinski definition) is 1. The molecule has 0 heterocycles. The van der Waals surface area contributed by atoms with E-state index in [0.717, 1.165) is 10.0 Å². The summed E-state index contributed by atoms with van der Waals surface area (Å²) in [6.45, 7) is 1.42. The molecule has 30 heavy (non-hydrogen) atoms. The van der Waals surface area contributed by atoms with Gasteiger partial charge in [-0.3, -0.25) is 4.84 Å². The van der Waals surface area contributed by atoms with Crippen LogP contribution >= 0.6 is 0 Å². The number of carbonyl (C=O) groups is 1. The molecule has 164 valence electrons. The number of carbonyl (C=O) groups excluding carboxylic acids is 1. The first kappa shape index (κ1) is 23.7. The van der Waals surface area contributed by atoms with E-state index in [1.165, 1.54) is 50.6 Å². The molecule has 2 amide bonds. The van der Waals surface area contributed by atoms with Gasteiger partial charge in [-0.2, -0.15) is 0 Å². The van der Waals surface area contributed by atoms with E-state index in [-0.39, 0.29) is 16.7 Å². The number of sulfonamides is 1. The van der Waals surface area contributed by atoms with Crippen LogP contribution in [0.25, 0.3) is 0 Å². The van der Waals surface area contributed by atoms with Gasteiger partial charge in [0.2, 0.25) is 0 Å². The first-order chi connectivity index (χ1) is 14.1. The number of hydrogen-bond acceptors (Lipinski definition) is 5. The van der Waals surface area contributed by atoms with Crippen molar-refractivity contribution in [1.29, 1.82) is 0 Å². The minimum Gasteiger partial charge on any atom is -0.319 e. The average molecular weight is 439 g/mol. The van der Waals surface area contributed by atoms with Gasteiger partial charge in [0.05, 0.1) is 12.0 Å². The molecule has 0 atom stereocenters. The molecule has 2 aromatic rings. The van der Waals surface area contributed by atoms with Gasteiger partial charge < -0.3 is 15.1 Å². The van der Waals surface area contributed by atoms with E-state index in [0.29, 0.717) is 25.3 Å². The maximum Gasteiger partial charge on any atom is 0.322 e. The van der Waals surface area contributed by atoms with Crippen molar-refractivity contribution in [2.24, 2.45) is 0 Å². The highest BCUT2D eigenvalue weighted by atomic mass is 32.2. The maximum atomic E-state index is 13.2. The lowest BCUT2D eigenvalue weighted by Crippen LogP contribution is -2.39. The Hall–Kier alpha value is -2.53. The second kappa shape index (κ2) is 10.5. The lowest BCUT2D eigenvalue weighted by atomic mass is 10.2. The van der Waals surface area contributed by atoms with Crippen molar-refractivity contribution in [1.82, 2.24) is 14.3 Å². The van der Waals surface area contributed by atoms with Crippen LogP contribution in [0.5, 0.6) is 0 Å². The highest BCUT2D eigenvalue weighted by Gasteiger charge is 2.21. The largest absolute Gasteiger partial charge is 0.322 e. The second-order valence-corrected chi connectivity index (χ2v) is 8.84. The molecular weight excluding hydrogens is 411 g/mol. The van der Waals surface area contributed by atoms with Crippen molar-refractivity contribution in [2.45, 2.75) is 11.4 Å². The fraction of sp³-hybridized carbons (Fsp3) is 0.350. The number of nitrogens with one attached hydrogen (secondary N) is 1. The molecule has 0 unspecified atom stereocenters. The number of amides is 2. The topological polar surface area (TPSA) is 82.2 Å². The first-order valence-electron chi connectivity index (χ1n) is 9.21. The monoisotopic (exact) mass is 438 g/mol. The summed E-state index contributed by atoms with van der Waals surface area (Å²) in [4.78, 5) is 21.2. The average Bonchev–Trinajstić information content (AvgIpc) is 2.72. The molecule has 0 aromatic heterocycles. The first-order valence-corrected chi connectivity index (χ1v) is 10.7. The fourth-order valence-electron chi connectivity index (χ4n) is 2.54. The van der Waals surface area contributed by atoms with Crippen LogP contribution in [0.3, 0.4) is 0 Å². The van der Waals surface area contributed by atoms with Crippen molar-refractivity contribution >= 4 is 21.7 Å². The SMILES string of the molecule is CON(C)S(=O)(=O)c1ccc(NC(=O)N(CCN(C)C)Cc2ccc(F)cc2)cc1. The Balaban J connectivity index is 2.12. The molecule has 0 saturated carbocycles. The van der Waals surface area contributed by atoms with Crippen molar-refractivity contribution < 1.29 is 22.4 Å². The van der Waals surface area contributed by atoms with E-state index >= 15 is 0 Å². The molecule has 0 saturated heterocycles. The maximum absolute atomic E-state index is 13.2. The third kappa shape index (κ3) is 6.49. The minimum absolute atomic E-state index is 0.0422. The summed E-state index contributed by atoms with van der Waals surface area (Å²) < 4.78 is 38.4. The Morgan fingerprint density at radius 3 is 2.13 bits per heavy atom. The predicted octanol–water partition coefficient (Wildman–Crippen LogP) is 2.60. The van der Waals surface area contributed by atoms with Gasteiger partial charge in [-0.1, -0.05) is 16.6 Å². The van der Waals surface area contributed by atoms with Crippen LogP contribution in [-0.2, 0) is 21.4 Å². The van der Waals surface area contributed by atoms with Crippen molar-refractivity contribution in [3.63, 3.8) is 0 Å². The Kier molecular flexibility index (Phi) is 8.30. The predicted molar refractivity (Wildman–Crippen MR) is 113 cm³/mol. The van der Waals surface area contributed by atoms with Crippen molar-refractivity contribution in [2.75, 3.05) is 46.7 Å². The molecule has 0 aliphatic carbocycles. The molecule has 8 nitrogen and oxygen atoms in total. The van der Waals surface area contributed by atoms with E-state index in [2.05, 4.69) is 5.32 Å². The Morgan fingerprint density at radius 1 is 1.00 bits per heavy atom. The van der Waals surface area contributed by atoms with E-state index in [9.17, 15) is 17.6 Å². The van der Waals surface area contributed by atoms with Gasteiger partial charge in [0.25, 0.3) is 10.0 Å². The van der Waals surface area contributed by atoms with Crippen LogP contribution in [0.2, 0.25) is 0 Å². The van der Waals surface area contributed by atoms with Crippen LogP contribution in [0.15, 0.2) is 53.4 Å². The number of likely N-dealkylation sites (N-methyl/N-ethyl adjacent to an activating group) is 1. The highest BCUT2D eigenvalue weighted by molar-refractivity contribution is 7.89. The summed E-state index contributed by atoms with van der Waals surface area (Å²) in [5.74, 6) is -0.336. The summed E-state index contributed by atoms with van der Waals surface area (Å²) in [5, 5.41) is 2.77. The molecule has 2 aromatic carbocycles. The molecule has 0 spiro atoms. The summed E-state index contributed by atoms with van der Waals surface area (Å²) in [7, 11) is 2.61. The molecular formula is C20H27FN4O4S. The molecule has 0 radical (unpaired) electrons. The number of nitrogens with zero attached hydrogens (tertiary/aromatic N) is 3. The van der Waals surface area contributed by atoms with Crippen LogP contribution in [0.1, 0.15) is 5.56 Å². The zero-order valence-electron chi connectivity index (χ0n) is 17.5. The fourth-order valence-corrected chi connectivity index (χ4v) is 3.52. The smallest absolute Gasteiger partial charge is 0.319 e. The van der Waals surface area contributed by atoms with Gasteiger partial charge in [0.15, 0.2) is 0 Å². The number of anilines is 1. The van der Waals surface area contributed by atoms with E-state index < -0.39 is 10.0 Å². The summed E-state index contributed by atoms with van der Waals surface area (Å²) in [5.41, 5.74) is 1.25. The highest BCUT2D eigenvalue weighted by Crippen LogP contribution is 2.18. The summed E-state index contributed by atoms with van der Waals surface area (Å²) in [6, 6.07) is 11.4. The zero-order chi connectivity index (χ0) is 22.3. The van der Waals surface area contributed by atoms with Crippen LogP contribution in [0.4, 0.5) is 14.9 Å². The molecule has 0 aliphatic rings. The number of halogens is 1. The second-order valence-electron chi connectivity index (χ2n) is 6.90. The molecule has 1 N–H and O–H groups in total. The third-order valence-electron chi connectivity index (χ3n) is 4.39. The normalized spacial score (nSPS) is 11.7. The standard InChI is InChI=1S/C20H27FN4O4S/c1-23(2)13-14-25(15-16-5-7-17(21)8-6-16)20(26)22-18-9-11-19(12-10-18)30(27,28)24(3)29-4/h5-12H,13-15H2,1-4H3,(H,22,26). The van der Waals surface area contributed by atoms with E-state index in [4.69, 9.17) is 4.84 Å². The lowest BCUT2D eigenvalue weighted by Gasteiger charge is -2.25. The quantitative estimate of drug-likeness (QED) is 0.609. The number of hydroxylamine groups is 1. The Morgan fingerprint density at radius 2 is 1.60 bits per heavy atom. The van der Waals surface area contributed by atoms with Gasteiger partial charge in [-0.05, 0) is 56.1 Å². The molecule has 2 rings (SSSR count). The molecule has 10 heteroatoms. The van der Waals surface area contributed by atoms with Crippen LogP contribution in [0, 0.1) is 5.82 Å². The number of benzene rings is 2. The van der Waals surface area contributed by atoms with E-state index in [1.54, 1.807) is 17.0 Å². The number of urea groups is 1. The van der Waals surface area contributed by atoms with Gasteiger partial charge in [0, 0.05) is 32.4 Å². The van der Waals surface area contributed by atoms with Crippen molar-refractivity contribution in [3.05, 3.63) is 59.9 Å². The third-order valence-corrected chi connectivity index (χ3v) is 6.08. The minimum atomic E-state index is -3.76. The van der Waals surface area contributed by atoms with E-state index in [1.807, 2.05) is 19.0 Å². The Labute approximate surface area is 176 Å². The number of rotatable bonds is 9.